The molecule has 1 aliphatic heterocycles. The van der Waals surface area contributed by atoms with E-state index < -0.39 is 0 Å². The van der Waals surface area contributed by atoms with Gasteiger partial charge in [-0.3, -0.25) is 0 Å². The largest absolute Gasteiger partial charge is 0.347 e. The van der Waals surface area contributed by atoms with Crippen LogP contribution in [-0.2, 0) is 6.54 Å². The molecular weight excluding hydrogens is 256 g/mol. The molecule has 0 saturated carbocycles. The molecule has 2 heterocycles. The minimum atomic E-state index is 0.608. The van der Waals surface area contributed by atoms with Gasteiger partial charge < -0.3 is 15.1 Å². The van der Waals surface area contributed by atoms with Crippen LogP contribution in [0.4, 0.5) is 5.13 Å². The van der Waals surface area contributed by atoms with E-state index in [0.29, 0.717) is 6.04 Å². The minimum Gasteiger partial charge on any atom is -0.347 e. The Morgan fingerprint density at radius 2 is 2.32 bits per heavy atom. The van der Waals surface area contributed by atoms with E-state index in [4.69, 9.17) is 4.98 Å². The lowest BCUT2D eigenvalue weighted by Crippen LogP contribution is -2.45. The van der Waals surface area contributed by atoms with Gasteiger partial charge in [-0.1, -0.05) is 6.92 Å². The molecule has 108 valence electrons. The summed E-state index contributed by atoms with van der Waals surface area (Å²) in [6.45, 7) is 8.59. The Hall–Kier alpha value is -0.650. The van der Waals surface area contributed by atoms with Gasteiger partial charge in [-0.25, -0.2) is 4.98 Å². The Morgan fingerprint density at radius 3 is 3.00 bits per heavy atom. The summed E-state index contributed by atoms with van der Waals surface area (Å²) in [5.74, 6) is 0. The molecule has 4 nitrogen and oxygen atoms in total. The molecule has 0 spiro atoms. The average molecular weight is 282 g/mol. The summed E-state index contributed by atoms with van der Waals surface area (Å²) in [4.78, 5) is 10.9. The smallest absolute Gasteiger partial charge is 0.185 e. The average Bonchev–Trinajstić information content (AvgIpc) is 2.77. The number of aromatic nitrogens is 1. The number of nitrogens with one attached hydrogen (secondary N) is 1. The molecule has 0 aromatic carbocycles. The third-order valence-electron chi connectivity index (χ3n) is 3.87. The summed E-state index contributed by atoms with van der Waals surface area (Å²) in [5.41, 5.74) is 1.18. The van der Waals surface area contributed by atoms with Crippen LogP contribution in [0.25, 0.3) is 0 Å². The predicted molar refractivity (Wildman–Crippen MR) is 83.2 cm³/mol. The molecule has 19 heavy (non-hydrogen) atoms. The van der Waals surface area contributed by atoms with Crippen LogP contribution in [0, 0.1) is 6.92 Å². The van der Waals surface area contributed by atoms with Crippen LogP contribution < -0.4 is 10.2 Å². The first-order chi connectivity index (χ1) is 9.11. The van der Waals surface area contributed by atoms with Crippen LogP contribution in [0.2, 0.25) is 0 Å². The van der Waals surface area contributed by atoms with Crippen molar-refractivity contribution >= 4 is 16.5 Å². The first kappa shape index (κ1) is 14.8. The topological polar surface area (TPSA) is 31.4 Å². The van der Waals surface area contributed by atoms with E-state index in [1.807, 2.05) is 11.3 Å². The van der Waals surface area contributed by atoms with E-state index in [1.165, 1.54) is 35.1 Å². The van der Waals surface area contributed by atoms with Crippen LogP contribution in [0.15, 0.2) is 0 Å². The van der Waals surface area contributed by atoms with Gasteiger partial charge in [0.05, 0.1) is 5.69 Å². The third kappa shape index (κ3) is 3.68. The van der Waals surface area contributed by atoms with Gasteiger partial charge in [0.15, 0.2) is 5.13 Å². The Morgan fingerprint density at radius 1 is 1.53 bits per heavy atom. The molecular formula is C14H26N4S. The monoisotopic (exact) mass is 282 g/mol. The summed E-state index contributed by atoms with van der Waals surface area (Å²) < 4.78 is 0. The number of hydrogen-bond acceptors (Lipinski definition) is 5. The Labute approximate surface area is 120 Å². The number of rotatable bonds is 5. The fourth-order valence-electron chi connectivity index (χ4n) is 2.58. The summed E-state index contributed by atoms with van der Waals surface area (Å²) >= 11 is 1.84. The second-order valence-corrected chi connectivity index (χ2v) is 6.52. The molecule has 1 N–H and O–H groups in total. The molecule has 1 fully saturated rings. The van der Waals surface area contributed by atoms with Crippen molar-refractivity contribution < 1.29 is 0 Å². The molecule has 5 heteroatoms. The standard InChI is InChI=1S/C14H26N4S/c1-5-15-9-13-11(2)16-14(19-13)18(4)12-7-6-8-17(3)10-12/h12,15H,5-10H2,1-4H3. The highest BCUT2D eigenvalue weighted by molar-refractivity contribution is 7.15. The molecule has 1 aliphatic rings. The fourth-order valence-corrected chi connectivity index (χ4v) is 3.64. The van der Waals surface area contributed by atoms with Gasteiger partial charge in [-0.05, 0) is 39.9 Å². The van der Waals surface area contributed by atoms with E-state index in [2.05, 4.69) is 43.1 Å². The van der Waals surface area contributed by atoms with E-state index >= 15 is 0 Å². The van der Waals surface area contributed by atoms with Gasteiger partial charge in [0.2, 0.25) is 0 Å². The fraction of sp³-hybridized carbons (Fsp3) is 0.786. The molecule has 0 aliphatic carbocycles. The quantitative estimate of drug-likeness (QED) is 0.896. The zero-order valence-electron chi connectivity index (χ0n) is 12.6. The SMILES string of the molecule is CCNCc1sc(N(C)C2CCCN(C)C2)nc1C. The molecule has 1 unspecified atom stereocenters. The second-order valence-electron chi connectivity index (χ2n) is 5.45. The molecule has 1 atom stereocenters. The summed E-state index contributed by atoms with van der Waals surface area (Å²) in [6, 6.07) is 0.608. The highest BCUT2D eigenvalue weighted by Crippen LogP contribution is 2.28. The van der Waals surface area contributed by atoms with Crippen molar-refractivity contribution in [2.75, 3.05) is 38.6 Å². The van der Waals surface area contributed by atoms with Crippen LogP contribution in [-0.4, -0.2) is 49.7 Å². The number of likely N-dealkylation sites (tertiary alicyclic amines) is 1. The van der Waals surface area contributed by atoms with Gasteiger partial charge >= 0.3 is 0 Å². The number of anilines is 1. The highest BCUT2D eigenvalue weighted by Gasteiger charge is 2.23. The molecule has 1 aromatic heterocycles. The summed E-state index contributed by atoms with van der Waals surface area (Å²) in [7, 11) is 4.41. The zero-order chi connectivity index (χ0) is 13.8. The van der Waals surface area contributed by atoms with Crippen molar-refractivity contribution in [3.05, 3.63) is 10.6 Å². The minimum absolute atomic E-state index is 0.608. The number of nitrogens with zero attached hydrogens (tertiary/aromatic N) is 3. The summed E-state index contributed by atoms with van der Waals surface area (Å²) in [6.07, 6.45) is 2.57. The van der Waals surface area contributed by atoms with Gasteiger partial charge in [0.1, 0.15) is 0 Å². The van der Waals surface area contributed by atoms with Crippen molar-refractivity contribution in [1.82, 2.24) is 15.2 Å². The molecule has 0 amide bonds. The Kier molecular flexibility index (Phi) is 5.19. The van der Waals surface area contributed by atoms with E-state index in [9.17, 15) is 0 Å². The van der Waals surface area contributed by atoms with Gasteiger partial charge in [-0.15, -0.1) is 11.3 Å². The normalized spacial score (nSPS) is 20.7. The number of hydrogen-bond donors (Lipinski definition) is 1. The molecule has 0 bridgehead atoms. The number of thiazole rings is 1. The van der Waals surface area contributed by atoms with Crippen LogP contribution in [0.1, 0.15) is 30.3 Å². The Balaban J connectivity index is 2.04. The molecule has 2 rings (SSSR count). The van der Waals surface area contributed by atoms with Gasteiger partial charge in [0, 0.05) is 31.1 Å². The third-order valence-corrected chi connectivity index (χ3v) is 5.11. The van der Waals surface area contributed by atoms with Crippen LogP contribution in [0.3, 0.4) is 0 Å². The van der Waals surface area contributed by atoms with Crippen molar-refractivity contribution in [3.63, 3.8) is 0 Å². The lowest BCUT2D eigenvalue weighted by molar-refractivity contribution is 0.248. The summed E-state index contributed by atoms with van der Waals surface area (Å²) in [5, 5.41) is 4.56. The van der Waals surface area contributed by atoms with E-state index in [0.717, 1.165) is 19.6 Å². The maximum absolute atomic E-state index is 4.75. The lowest BCUT2D eigenvalue weighted by Gasteiger charge is -2.35. The number of aryl methyl sites for hydroxylation is 1. The lowest BCUT2D eigenvalue weighted by atomic mass is 10.1. The van der Waals surface area contributed by atoms with E-state index in [1.54, 1.807) is 0 Å². The Bertz CT molecular complexity index is 404. The first-order valence-corrected chi connectivity index (χ1v) is 8.01. The van der Waals surface area contributed by atoms with Crippen molar-refractivity contribution in [3.8, 4) is 0 Å². The number of piperidine rings is 1. The maximum atomic E-state index is 4.75. The van der Waals surface area contributed by atoms with Crippen LogP contribution >= 0.6 is 11.3 Å². The van der Waals surface area contributed by atoms with Crippen LogP contribution in [0.5, 0.6) is 0 Å². The van der Waals surface area contributed by atoms with Crippen molar-refractivity contribution in [2.45, 2.75) is 39.3 Å². The van der Waals surface area contributed by atoms with Crippen molar-refractivity contribution in [2.24, 2.45) is 0 Å². The highest BCUT2D eigenvalue weighted by atomic mass is 32.1. The van der Waals surface area contributed by atoms with Crippen molar-refractivity contribution in [1.29, 1.82) is 0 Å². The maximum Gasteiger partial charge on any atom is 0.185 e. The van der Waals surface area contributed by atoms with Gasteiger partial charge in [-0.2, -0.15) is 0 Å². The molecule has 0 radical (unpaired) electrons. The zero-order valence-corrected chi connectivity index (χ0v) is 13.4. The van der Waals surface area contributed by atoms with Gasteiger partial charge in [0.25, 0.3) is 0 Å². The first-order valence-electron chi connectivity index (χ1n) is 7.20. The predicted octanol–water partition coefficient (Wildman–Crippen LogP) is 2.09. The van der Waals surface area contributed by atoms with E-state index in [-0.39, 0.29) is 0 Å². The number of likely N-dealkylation sites (N-methyl/N-ethyl adjacent to an activating group) is 2. The molecule has 1 aromatic rings. The second kappa shape index (κ2) is 6.68. The molecule has 1 saturated heterocycles.